The van der Waals surface area contributed by atoms with Crippen molar-refractivity contribution in [3.8, 4) is 17.2 Å². The van der Waals surface area contributed by atoms with Gasteiger partial charge in [-0.2, -0.15) is 0 Å². The van der Waals surface area contributed by atoms with E-state index in [1.807, 2.05) is 60.7 Å². The minimum Gasteiger partial charge on any atom is -0.457 e. The van der Waals surface area contributed by atoms with Crippen molar-refractivity contribution in [2.24, 2.45) is 5.41 Å². The number of fused-ring (bicyclic) bond motifs is 1. The number of hydrogen-bond donors (Lipinski definition) is 0. The molecule has 41 heavy (non-hydrogen) atoms. The molecule has 4 aromatic rings. The molecular formula is C34H32N2O5. The Morgan fingerprint density at radius 3 is 2.10 bits per heavy atom. The maximum Gasteiger partial charge on any atom is 0.415 e. The molecule has 1 saturated heterocycles. The molecule has 2 heterocycles. The summed E-state index contributed by atoms with van der Waals surface area (Å²) in [5, 5.41) is 0.789. The first kappa shape index (κ1) is 26.7. The number of carbonyl (C=O) groups excluding carboxylic acids is 3. The molecule has 1 aliphatic heterocycles. The number of Topliss-reactive ketones (excluding diaryl/α,β-unsaturated/α-hetero) is 2. The van der Waals surface area contributed by atoms with Crippen LogP contribution in [0.4, 0.5) is 4.79 Å². The van der Waals surface area contributed by atoms with Gasteiger partial charge in [-0.3, -0.25) is 14.6 Å². The minimum atomic E-state index is -0.831. The average Bonchev–Trinajstić information content (AvgIpc) is 3.82. The number of nitrogens with zero attached hydrogens (tertiary/aromatic N) is 2. The van der Waals surface area contributed by atoms with E-state index in [-0.39, 0.29) is 24.1 Å². The second-order valence-electron chi connectivity index (χ2n) is 10.9. The fourth-order valence-electron chi connectivity index (χ4n) is 5.44. The molecule has 7 nitrogen and oxygen atoms in total. The molecule has 1 aliphatic carbocycles. The minimum absolute atomic E-state index is 0.0102. The highest BCUT2D eigenvalue weighted by Gasteiger charge is 2.54. The normalized spacial score (nSPS) is 15.8. The summed E-state index contributed by atoms with van der Waals surface area (Å²) in [6.07, 6.45) is 6.25. The number of benzene rings is 3. The molecule has 1 aromatic heterocycles. The first-order valence-electron chi connectivity index (χ1n) is 14.2. The molecule has 208 valence electrons. The van der Waals surface area contributed by atoms with Gasteiger partial charge in [0, 0.05) is 43.6 Å². The van der Waals surface area contributed by atoms with Gasteiger partial charge in [0.15, 0.2) is 11.6 Å². The van der Waals surface area contributed by atoms with Crippen LogP contribution in [0.25, 0.3) is 10.9 Å². The lowest BCUT2D eigenvalue weighted by Gasteiger charge is -2.25. The maximum atomic E-state index is 13.1. The third-order valence-corrected chi connectivity index (χ3v) is 8.03. The zero-order valence-corrected chi connectivity index (χ0v) is 22.9. The number of hydrogen-bond acceptors (Lipinski definition) is 6. The lowest BCUT2D eigenvalue weighted by atomic mass is 9.88. The van der Waals surface area contributed by atoms with Crippen molar-refractivity contribution in [3.05, 3.63) is 96.2 Å². The van der Waals surface area contributed by atoms with E-state index in [2.05, 4.69) is 4.98 Å². The molecule has 0 atom stereocenters. The van der Waals surface area contributed by atoms with Gasteiger partial charge in [-0.1, -0.05) is 42.5 Å². The molecule has 0 unspecified atom stereocenters. The number of amides is 1. The summed E-state index contributed by atoms with van der Waals surface area (Å²) in [5.41, 5.74) is 1.61. The molecule has 1 amide bonds. The fourth-order valence-corrected chi connectivity index (χ4v) is 5.44. The van der Waals surface area contributed by atoms with Gasteiger partial charge in [0.05, 0.1) is 10.9 Å². The average molecular weight is 549 g/mol. The number of ketones is 2. The zero-order chi connectivity index (χ0) is 28.2. The second-order valence-corrected chi connectivity index (χ2v) is 10.9. The molecule has 1 saturated carbocycles. The third kappa shape index (κ3) is 5.99. The third-order valence-electron chi connectivity index (χ3n) is 8.03. The van der Waals surface area contributed by atoms with E-state index in [1.165, 1.54) is 0 Å². The number of carbonyl (C=O) groups is 3. The van der Waals surface area contributed by atoms with Gasteiger partial charge < -0.3 is 14.4 Å². The second kappa shape index (κ2) is 11.5. The molecule has 0 N–H and O–H groups in total. The van der Waals surface area contributed by atoms with Crippen LogP contribution in [-0.2, 0) is 22.4 Å². The first-order chi connectivity index (χ1) is 20.0. The Kier molecular flexibility index (Phi) is 7.51. The molecular weight excluding hydrogens is 516 g/mol. The molecule has 2 fully saturated rings. The smallest absolute Gasteiger partial charge is 0.415 e. The molecule has 0 bridgehead atoms. The van der Waals surface area contributed by atoms with Crippen molar-refractivity contribution in [1.82, 2.24) is 9.88 Å². The van der Waals surface area contributed by atoms with Crippen LogP contribution in [0.15, 0.2) is 85.1 Å². The Balaban J connectivity index is 1.09. The van der Waals surface area contributed by atoms with E-state index in [0.717, 1.165) is 48.9 Å². The number of rotatable bonds is 9. The Labute approximate surface area is 239 Å². The Bertz CT molecular complexity index is 1570. The number of piperidine rings is 1. The SMILES string of the molecule is O=C(Oc1ccc2c(Oc3ccc(CC(=O)C4(C(=O)Cc5ccccc5)CC4)cc3)ccnc2c1)N1CCCCC1. The van der Waals surface area contributed by atoms with Crippen molar-refractivity contribution in [3.63, 3.8) is 0 Å². The van der Waals surface area contributed by atoms with Crippen LogP contribution in [0.1, 0.15) is 43.2 Å². The van der Waals surface area contributed by atoms with Crippen LogP contribution in [-0.4, -0.2) is 40.6 Å². The van der Waals surface area contributed by atoms with Crippen LogP contribution < -0.4 is 9.47 Å². The van der Waals surface area contributed by atoms with Crippen LogP contribution in [0.2, 0.25) is 0 Å². The van der Waals surface area contributed by atoms with Crippen molar-refractivity contribution in [2.45, 2.75) is 44.9 Å². The van der Waals surface area contributed by atoms with Gasteiger partial charge in [0.1, 0.15) is 17.2 Å². The van der Waals surface area contributed by atoms with Gasteiger partial charge >= 0.3 is 6.09 Å². The highest BCUT2D eigenvalue weighted by Crippen LogP contribution is 2.48. The lowest BCUT2D eigenvalue weighted by Crippen LogP contribution is -2.37. The summed E-state index contributed by atoms with van der Waals surface area (Å²) in [4.78, 5) is 44.8. The molecule has 3 aromatic carbocycles. The summed E-state index contributed by atoms with van der Waals surface area (Å²) in [7, 11) is 0. The van der Waals surface area contributed by atoms with Crippen LogP contribution in [0.5, 0.6) is 17.2 Å². The van der Waals surface area contributed by atoms with Crippen molar-refractivity contribution >= 4 is 28.6 Å². The highest BCUT2D eigenvalue weighted by molar-refractivity contribution is 6.10. The number of likely N-dealkylation sites (tertiary alicyclic amines) is 1. The van der Waals surface area contributed by atoms with Gasteiger partial charge in [0.25, 0.3) is 0 Å². The summed E-state index contributed by atoms with van der Waals surface area (Å²) in [5.74, 6) is 1.70. The van der Waals surface area contributed by atoms with Crippen LogP contribution >= 0.6 is 0 Å². The highest BCUT2D eigenvalue weighted by atomic mass is 16.6. The molecule has 2 aliphatic rings. The first-order valence-corrected chi connectivity index (χ1v) is 14.2. The number of ether oxygens (including phenoxy) is 2. The predicted octanol–water partition coefficient (Wildman–Crippen LogP) is 6.72. The van der Waals surface area contributed by atoms with Crippen molar-refractivity contribution in [2.75, 3.05) is 13.1 Å². The number of pyridine rings is 1. The molecule has 0 radical (unpaired) electrons. The van der Waals surface area contributed by atoms with Crippen molar-refractivity contribution in [1.29, 1.82) is 0 Å². The monoisotopic (exact) mass is 548 g/mol. The summed E-state index contributed by atoms with van der Waals surface area (Å²) in [6.45, 7) is 1.45. The number of aromatic nitrogens is 1. The quantitative estimate of drug-likeness (QED) is 0.216. The summed E-state index contributed by atoms with van der Waals surface area (Å²) < 4.78 is 11.8. The van der Waals surface area contributed by atoms with E-state index >= 15 is 0 Å². The predicted molar refractivity (Wildman–Crippen MR) is 155 cm³/mol. The molecule has 0 spiro atoms. The molecule has 7 heteroatoms. The van der Waals surface area contributed by atoms with E-state index in [0.29, 0.717) is 42.0 Å². The van der Waals surface area contributed by atoms with E-state index in [1.54, 1.807) is 29.3 Å². The fraction of sp³-hybridized carbons (Fsp3) is 0.294. The van der Waals surface area contributed by atoms with E-state index < -0.39 is 5.41 Å². The molecule has 6 rings (SSSR count). The van der Waals surface area contributed by atoms with Crippen LogP contribution in [0, 0.1) is 5.41 Å². The zero-order valence-electron chi connectivity index (χ0n) is 22.9. The Hall–Kier alpha value is -4.52. The lowest BCUT2D eigenvalue weighted by molar-refractivity contribution is -0.133. The van der Waals surface area contributed by atoms with Crippen molar-refractivity contribution < 1.29 is 23.9 Å². The summed E-state index contributed by atoms with van der Waals surface area (Å²) >= 11 is 0. The van der Waals surface area contributed by atoms with Gasteiger partial charge in [0.2, 0.25) is 0 Å². The Morgan fingerprint density at radius 1 is 0.756 bits per heavy atom. The van der Waals surface area contributed by atoms with Gasteiger partial charge in [-0.25, -0.2) is 4.79 Å². The summed E-state index contributed by atoms with van der Waals surface area (Å²) in [6, 6.07) is 24.1. The maximum absolute atomic E-state index is 13.1. The van der Waals surface area contributed by atoms with Gasteiger partial charge in [-0.15, -0.1) is 0 Å². The topological polar surface area (TPSA) is 85.8 Å². The van der Waals surface area contributed by atoms with Gasteiger partial charge in [-0.05, 0) is 73.6 Å². The van der Waals surface area contributed by atoms with Crippen LogP contribution in [0.3, 0.4) is 0 Å². The Morgan fingerprint density at radius 2 is 1.41 bits per heavy atom. The largest absolute Gasteiger partial charge is 0.457 e. The standard InChI is InChI=1S/C34H32N2O5/c37-31(21-24-7-3-1-4-8-24)34(16-17-34)32(38)22-25-9-11-26(12-10-25)40-30-15-18-35-29-23-27(13-14-28(29)30)41-33(39)36-19-5-2-6-20-36/h1,3-4,7-15,18,23H,2,5-6,16-17,19-22H2. The van der Waals surface area contributed by atoms with E-state index in [9.17, 15) is 14.4 Å². The van der Waals surface area contributed by atoms with E-state index in [4.69, 9.17) is 9.47 Å².